The molecule has 3 nitrogen and oxygen atoms in total. The minimum Gasteiger partial charge on any atom is -0.490 e. The SMILES string of the molecule is Nc1cc(Br)cc2c1OCCC2=O. The van der Waals surface area contributed by atoms with Gasteiger partial charge in [0.1, 0.15) is 0 Å². The molecule has 13 heavy (non-hydrogen) atoms. The summed E-state index contributed by atoms with van der Waals surface area (Å²) in [5.74, 6) is 0.619. The van der Waals surface area contributed by atoms with Crippen molar-refractivity contribution in [1.82, 2.24) is 0 Å². The van der Waals surface area contributed by atoms with Crippen LogP contribution < -0.4 is 10.5 Å². The number of benzene rings is 1. The molecule has 68 valence electrons. The van der Waals surface area contributed by atoms with E-state index in [1.807, 2.05) is 0 Å². The van der Waals surface area contributed by atoms with E-state index in [9.17, 15) is 4.79 Å². The van der Waals surface area contributed by atoms with Crippen molar-refractivity contribution in [2.24, 2.45) is 0 Å². The summed E-state index contributed by atoms with van der Waals surface area (Å²) in [6, 6.07) is 3.48. The fourth-order valence-corrected chi connectivity index (χ4v) is 1.84. The van der Waals surface area contributed by atoms with E-state index in [2.05, 4.69) is 15.9 Å². The minimum absolute atomic E-state index is 0.0919. The number of carbonyl (C=O) groups is 1. The van der Waals surface area contributed by atoms with Crippen LogP contribution in [0.3, 0.4) is 0 Å². The summed E-state index contributed by atoms with van der Waals surface area (Å²) in [4.78, 5) is 11.4. The van der Waals surface area contributed by atoms with Crippen molar-refractivity contribution >= 4 is 27.4 Å². The highest BCUT2D eigenvalue weighted by Crippen LogP contribution is 2.33. The smallest absolute Gasteiger partial charge is 0.170 e. The first kappa shape index (κ1) is 8.56. The van der Waals surface area contributed by atoms with Crippen molar-refractivity contribution in [3.63, 3.8) is 0 Å². The third-order valence-corrected chi connectivity index (χ3v) is 2.42. The number of hydrogen-bond donors (Lipinski definition) is 1. The van der Waals surface area contributed by atoms with Gasteiger partial charge in [0.25, 0.3) is 0 Å². The summed E-state index contributed by atoms with van der Waals surface area (Å²) in [6.07, 6.45) is 0.433. The Morgan fingerprint density at radius 2 is 2.23 bits per heavy atom. The summed E-state index contributed by atoms with van der Waals surface area (Å²) in [7, 11) is 0. The van der Waals surface area contributed by atoms with Crippen LogP contribution in [-0.4, -0.2) is 12.4 Å². The predicted octanol–water partition coefficient (Wildman–Crippen LogP) is 2.00. The van der Waals surface area contributed by atoms with E-state index in [4.69, 9.17) is 10.5 Å². The van der Waals surface area contributed by atoms with Gasteiger partial charge in [-0.3, -0.25) is 4.79 Å². The van der Waals surface area contributed by atoms with Crippen molar-refractivity contribution in [2.45, 2.75) is 6.42 Å². The number of fused-ring (bicyclic) bond motifs is 1. The van der Waals surface area contributed by atoms with Crippen LogP contribution in [0.5, 0.6) is 5.75 Å². The van der Waals surface area contributed by atoms with E-state index in [0.29, 0.717) is 30.0 Å². The maximum atomic E-state index is 11.4. The van der Waals surface area contributed by atoms with Crippen molar-refractivity contribution in [3.8, 4) is 5.75 Å². The molecule has 1 aliphatic heterocycles. The monoisotopic (exact) mass is 241 g/mol. The number of hydrogen-bond acceptors (Lipinski definition) is 3. The molecule has 0 saturated heterocycles. The molecular weight excluding hydrogens is 234 g/mol. The van der Waals surface area contributed by atoms with Gasteiger partial charge in [-0.25, -0.2) is 0 Å². The topological polar surface area (TPSA) is 52.3 Å². The lowest BCUT2D eigenvalue weighted by Gasteiger charge is -2.17. The molecule has 0 atom stereocenters. The van der Waals surface area contributed by atoms with Gasteiger partial charge >= 0.3 is 0 Å². The van der Waals surface area contributed by atoms with Crippen LogP contribution in [0, 0.1) is 0 Å². The van der Waals surface area contributed by atoms with Gasteiger partial charge in [-0.05, 0) is 12.1 Å². The molecular formula is C9H8BrNO2. The summed E-state index contributed by atoms with van der Waals surface area (Å²) < 4.78 is 6.12. The number of ether oxygens (including phenoxy) is 1. The molecule has 0 radical (unpaired) electrons. The highest BCUT2D eigenvalue weighted by atomic mass is 79.9. The zero-order valence-electron chi connectivity index (χ0n) is 6.84. The Hall–Kier alpha value is -1.03. The number of carbonyl (C=O) groups excluding carboxylic acids is 1. The first-order valence-electron chi connectivity index (χ1n) is 3.93. The van der Waals surface area contributed by atoms with Crippen LogP contribution in [0.2, 0.25) is 0 Å². The normalized spacial score (nSPS) is 15.0. The fraction of sp³-hybridized carbons (Fsp3) is 0.222. The lowest BCUT2D eigenvalue weighted by Crippen LogP contribution is -2.16. The lowest BCUT2D eigenvalue weighted by molar-refractivity contribution is 0.0934. The van der Waals surface area contributed by atoms with E-state index in [1.54, 1.807) is 12.1 Å². The number of anilines is 1. The molecule has 1 aliphatic rings. The number of halogens is 1. The summed E-state index contributed by atoms with van der Waals surface area (Å²) in [6.45, 7) is 0.428. The van der Waals surface area contributed by atoms with Crippen LogP contribution in [-0.2, 0) is 0 Å². The molecule has 1 aromatic rings. The first-order chi connectivity index (χ1) is 6.18. The first-order valence-corrected chi connectivity index (χ1v) is 4.73. The summed E-state index contributed by atoms with van der Waals surface area (Å²) in [5, 5.41) is 0. The van der Waals surface area contributed by atoms with E-state index < -0.39 is 0 Å². The van der Waals surface area contributed by atoms with Crippen LogP contribution in [0.15, 0.2) is 16.6 Å². The highest BCUT2D eigenvalue weighted by molar-refractivity contribution is 9.10. The molecule has 1 aromatic carbocycles. The van der Waals surface area contributed by atoms with Gasteiger partial charge in [0.15, 0.2) is 11.5 Å². The molecule has 0 unspecified atom stereocenters. The molecule has 0 saturated carbocycles. The maximum Gasteiger partial charge on any atom is 0.170 e. The molecule has 0 spiro atoms. The van der Waals surface area contributed by atoms with E-state index in [1.165, 1.54) is 0 Å². The molecule has 0 fully saturated rings. The van der Waals surface area contributed by atoms with Gasteiger partial charge in [0.05, 0.1) is 17.9 Å². The molecule has 2 rings (SSSR count). The van der Waals surface area contributed by atoms with Crippen LogP contribution in [0.25, 0.3) is 0 Å². The number of Topliss-reactive ketones (excluding diaryl/α,β-unsaturated/α-hetero) is 1. The van der Waals surface area contributed by atoms with Crippen molar-refractivity contribution in [3.05, 3.63) is 22.2 Å². The maximum absolute atomic E-state index is 11.4. The van der Waals surface area contributed by atoms with Gasteiger partial charge in [-0.1, -0.05) is 15.9 Å². The largest absolute Gasteiger partial charge is 0.490 e. The number of ketones is 1. The highest BCUT2D eigenvalue weighted by Gasteiger charge is 2.20. The lowest BCUT2D eigenvalue weighted by atomic mass is 10.0. The van der Waals surface area contributed by atoms with Crippen LogP contribution >= 0.6 is 15.9 Å². The number of nitrogen functional groups attached to an aromatic ring is 1. The Balaban J connectivity index is 2.63. The zero-order valence-corrected chi connectivity index (χ0v) is 8.43. The van der Waals surface area contributed by atoms with E-state index >= 15 is 0 Å². The third-order valence-electron chi connectivity index (χ3n) is 1.96. The second kappa shape index (κ2) is 3.03. The second-order valence-electron chi connectivity index (χ2n) is 2.89. The third kappa shape index (κ3) is 1.42. The predicted molar refractivity (Wildman–Crippen MR) is 53.0 cm³/mol. The van der Waals surface area contributed by atoms with Crippen molar-refractivity contribution in [1.29, 1.82) is 0 Å². The molecule has 2 N–H and O–H groups in total. The van der Waals surface area contributed by atoms with Crippen LogP contribution in [0.1, 0.15) is 16.8 Å². The second-order valence-corrected chi connectivity index (χ2v) is 3.81. The molecule has 1 heterocycles. The molecule has 0 bridgehead atoms. The molecule has 4 heteroatoms. The average molecular weight is 242 g/mol. The van der Waals surface area contributed by atoms with Gasteiger partial charge < -0.3 is 10.5 Å². The Morgan fingerprint density at radius 3 is 3.00 bits per heavy atom. The Labute approximate surface area is 84.0 Å². The number of rotatable bonds is 0. The van der Waals surface area contributed by atoms with Crippen molar-refractivity contribution < 1.29 is 9.53 Å². The van der Waals surface area contributed by atoms with Gasteiger partial charge in [-0.2, -0.15) is 0 Å². The Kier molecular flexibility index (Phi) is 2.00. The summed E-state index contributed by atoms with van der Waals surface area (Å²) in [5.41, 5.74) is 6.79. The standard InChI is InChI=1S/C9H8BrNO2/c10-5-3-6-8(12)1-2-13-9(6)7(11)4-5/h3-4H,1-2,11H2. The summed E-state index contributed by atoms with van der Waals surface area (Å²) >= 11 is 3.28. The quantitative estimate of drug-likeness (QED) is 0.708. The minimum atomic E-state index is 0.0919. The molecule has 0 aliphatic carbocycles. The van der Waals surface area contributed by atoms with Crippen molar-refractivity contribution in [2.75, 3.05) is 12.3 Å². The Morgan fingerprint density at radius 1 is 1.46 bits per heavy atom. The molecule has 0 aromatic heterocycles. The fourth-order valence-electron chi connectivity index (χ4n) is 1.36. The van der Waals surface area contributed by atoms with Gasteiger partial charge in [0.2, 0.25) is 0 Å². The average Bonchev–Trinajstić information content (AvgIpc) is 2.07. The van der Waals surface area contributed by atoms with Crippen LogP contribution in [0.4, 0.5) is 5.69 Å². The molecule has 0 amide bonds. The zero-order chi connectivity index (χ0) is 9.42. The van der Waals surface area contributed by atoms with Gasteiger partial charge in [-0.15, -0.1) is 0 Å². The number of nitrogens with two attached hydrogens (primary N) is 1. The Bertz CT molecular complexity index is 376. The van der Waals surface area contributed by atoms with E-state index in [0.717, 1.165) is 4.47 Å². The van der Waals surface area contributed by atoms with E-state index in [-0.39, 0.29) is 5.78 Å². The van der Waals surface area contributed by atoms with Gasteiger partial charge in [0, 0.05) is 10.9 Å².